The maximum Gasteiger partial charge on any atom is 0.364 e. The molecule has 2 amide bonds. The highest BCUT2D eigenvalue weighted by Crippen LogP contribution is 2.38. The number of carbonyl (C=O) groups excluding carboxylic acids is 2. The minimum atomic E-state index is -3.07. The van der Waals surface area contributed by atoms with Crippen molar-refractivity contribution >= 4 is 17.8 Å². The molecule has 0 aliphatic carbocycles. The minimum Gasteiger partial charge on any atom is -0.477 e. The van der Waals surface area contributed by atoms with Gasteiger partial charge >= 0.3 is 5.97 Å². The maximum absolute atomic E-state index is 13.4. The van der Waals surface area contributed by atoms with E-state index in [1.807, 2.05) is 0 Å². The molecule has 3 rings (SSSR count). The molecule has 0 bridgehead atoms. The van der Waals surface area contributed by atoms with Crippen LogP contribution in [0.15, 0.2) is 0 Å². The molecule has 3 fully saturated rings. The van der Waals surface area contributed by atoms with Crippen molar-refractivity contribution in [1.29, 1.82) is 0 Å². The van der Waals surface area contributed by atoms with E-state index in [2.05, 4.69) is 24.5 Å². The highest BCUT2D eigenvalue weighted by atomic mass is 16.8. The maximum atomic E-state index is 13.4. The van der Waals surface area contributed by atoms with E-state index in [-0.39, 0.29) is 18.9 Å². The summed E-state index contributed by atoms with van der Waals surface area (Å²) in [5.41, 5.74) is 0. The Morgan fingerprint density at radius 2 is 1.05 bits per heavy atom. The van der Waals surface area contributed by atoms with Crippen LogP contribution in [-0.4, -0.2) is 215 Å². The van der Waals surface area contributed by atoms with Crippen LogP contribution in [0.25, 0.3) is 0 Å². The van der Waals surface area contributed by atoms with Gasteiger partial charge < -0.3 is 100 Å². The highest BCUT2D eigenvalue weighted by molar-refractivity contribution is 5.77. The Morgan fingerprint density at radius 1 is 0.578 bits per heavy atom. The zero-order valence-corrected chi connectivity index (χ0v) is 50.3. The van der Waals surface area contributed by atoms with Crippen LogP contribution < -0.4 is 10.6 Å². The van der Waals surface area contributed by atoms with Crippen molar-refractivity contribution in [1.82, 2.24) is 10.6 Å². The fourth-order valence-electron chi connectivity index (χ4n) is 11.4. The average Bonchev–Trinajstić information content (AvgIpc) is 3.55. The van der Waals surface area contributed by atoms with Gasteiger partial charge in [-0.3, -0.25) is 9.59 Å². The summed E-state index contributed by atoms with van der Waals surface area (Å²) in [6, 6.07) is -2.52. The minimum absolute atomic E-state index is 0.228. The van der Waals surface area contributed by atoms with E-state index in [1.54, 1.807) is 0 Å². The van der Waals surface area contributed by atoms with Crippen LogP contribution in [0.5, 0.6) is 0 Å². The molecule has 0 radical (unpaired) electrons. The third-order valence-electron chi connectivity index (χ3n) is 16.6. The van der Waals surface area contributed by atoms with Crippen molar-refractivity contribution in [2.24, 2.45) is 0 Å². The number of aliphatic hydroxyl groups excluding tert-OH is 11. The molecule has 0 saturated carbocycles. The van der Waals surface area contributed by atoms with E-state index in [0.29, 0.717) is 19.3 Å². The number of hydrogen-bond acceptors (Lipinski definition) is 20. The Morgan fingerprint density at radius 3 is 1.51 bits per heavy atom. The second kappa shape index (κ2) is 42.6. The summed E-state index contributed by atoms with van der Waals surface area (Å²) in [5.74, 6) is -6.10. The first-order valence-electron chi connectivity index (χ1n) is 31.9. The molecular weight excluding hydrogens is 1080 g/mol. The van der Waals surface area contributed by atoms with E-state index >= 15 is 0 Å². The van der Waals surface area contributed by atoms with E-state index in [9.17, 15) is 75.7 Å². The van der Waals surface area contributed by atoms with E-state index in [4.69, 9.17) is 28.4 Å². The number of rotatable bonds is 47. The van der Waals surface area contributed by atoms with Gasteiger partial charge in [0.25, 0.3) is 5.79 Å². The number of hydrogen-bond donors (Lipinski definition) is 14. The molecule has 83 heavy (non-hydrogen) atoms. The monoisotopic (exact) mass is 1200 g/mol. The molecule has 0 aromatic heterocycles. The van der Waals surface area contributed by atoms with Crippen molar-refractivity contribution in [3.05, 3.63) is 0 Å². The van der Waals surface area contributed by atoms with Gasteiger partial charge in [0.2, 0.25) is 11.8 Å². The van der Waals surface area contributed by atoms with Gasteiger partial charge in [0, 0.05) is 19.8 Å². The quantitative estimate of drug-likeness (QED) is 0.0386. The number of ether oxygens (including phenoxy) is 6. The second-order valence-electron chi connectivity index (χ2n) is 23.6. The zero-order chi connectivity index (χ0) is 61.2. The molecule has 3 aliphatic heterocycles. The number of amides is 2. The molecule has 3 heterocycles. The summed E-state index contributed by atoms with van der Waals surface area (Å²) in [6.07, 6.45) is 5.78. The van der Waals surface area contributed by atoms with E-state index in [0.717, 1.165) is 51.9 Å². The van der Waals surface area contributed by atoms with Gasteiger partial charge in [-0.25, -0.2) is 4.79 Å². The molecular formula is C60H112N2O21. The lowest BCUT2D eigenvalue weighted by Gasteiger charge is -2.50. The van der Waals surface area contributed by atoms with Crippen molar-refractivity contribution in [3.8, 4) is 0 Å². The van der Waals surface area contributed by atoms with E-state index < -0.39 is 148 Å². The molecule has 3 aliphatic rings. The number of carboxylic acid groups (broad SMARTS) is 1. The first kappa shape index (κ1) is 75.0. The number of carbonyl (C=O) groups is 3. The summed E-state index contributed by atoms with van der Waals surface area (Å²) in [6.45, 7) is 2.16. The molecule has 0 spiro atoms. The van der Waals surface area contributed by atoms with Gasteiger partial charge in [0.05, 0.1) is 50.7 Å². The van der Waals surface area contributed by atoms with Crippen LogP contribution in [-0.2, 0) is 42.8 Å². The van der Waals surface area contributed by atoms with Gasteiger partial charge in [0.1, 0.15) is 67.1 Å². The Labute approximate surface area is 493 Å². The lowest BCUT2D eigenvalue weighted by molar-refractivity contribution is -0.386. The summed E-state index contributed by atoms with van der Waals surface area (Å²) in [4.78, 5) is 38.4. The molecule has 0 aromatic rings. The summed E-state index contributed by atoms with van der Waals surface area (Å²) >= 11 is 0. The van der Waals surface area contributed by atoms with Crippen LogP contribution >= 0.6 is 0 Å². The predicted molar refractivity (Wildman–Crippen MR) is 306 cm³/mol. The first-order chi connectivity index (χ1) is 39.9. The van der Waals surface area contributed by atoms with Crippen LogP contribution in [0.4, 0.5) is 0 Å². The third-order valence-corrected chi connectivity index (χ3v) is 16.6. The Bertz CT molecular complexity index is 1710. The van der Waals surface area contributed by atoms with Crippen LogP contribution in [0.1, 0.15) is 226 Å². The van der Waals surface area contributed by atoms with Crippen LogP contribution in [0, 0.1) is 0 Å². The SMILES string of the molecule is CCCCCCCCCCCCCCCCCCCCCCC(=O)NC(COC1OC(CO)C(OC2OC(CO)C(O)C(OC3(C(=O)O)CC(O)C(NC(C)=O)C(C(O)C(O)CO)O3)C2O)C(O)C1O)C(O)CCCCCCCCCCC. The smallest absolute Gasteiger partial charge is 0.364 e. The fraction of sp³-hybridized carbons (Fsp3) is 0.950. The zero-order valence-electron chi connectivity index (χ0n) is 50.3. The first-order valence-corrected chi connectivity index (χ1v) is 31.9. The summed E-state index contributed by atoms with van der Waals surface area (Å²) in [7, 11) is 0. The van der Waals surface area contributed by atoms with Crippen molar-refractivity contribution in [3.63, 3.8) is 0 Å². The van der Waals surface area contributed by atoms with Crippen LogP contribution in [0.2, 0.25) is 0 Å². The number of carboxylic acids is 1. The van der Waals surface area contributed by atoms with Gasteiger partial charge in [-0.15, -0.1) is 0 Å². The van der Waals surface area contributed by atoms with E-state index in [1.165, 1.54) is 128 Å². The average molecular weight is 1200 g/mol. The number of aliphatic hydroxyl groups is 11. The molecule has 488 valence electrons. The largest absolute Gasteiger partial charge is 0.477 e. The number of aliphatic carboxylic acids is 1. The van der Waals surface area contributed by atoms with Crippen molar-refractivity contribution < 1.29 is 104 Å². The van der Waals surface area contributed by atoms with Crippen molar-refractivity contribution in [2.45, 2.75) is 336 Å². The van der Waals surface area contributed by atoms with Crippen LogP contribution in [0.3, 0.4) is 0 Å². The van der Waals surface area contributed by atoms with Gasteiger partial charge in [-0.1, -0.05) is 194 Å². The lowest BCUT2D eigenvalue weighted by Crippen LogP contribution is -2.70. The number of nitrogens with one attached hydrogen (secondary N) is 2. The standard InChI is InChI=1S/C60H112N2O21/c1-4-6-8-10-12-14-15-16-17-18-19-20-21-22-23-24-26-28-30-32-34-47(70)62-41(42(67)33-31-29-27-25-13-11-9-7-5-2)39-78-57-52(74)51(73)54(46(38-65)80-57)81-58-53(75)56(50(72)45(37-64)79-58)83-60(59(76)77)35-43(68)48(61-40(3)66)55(82-60)49(71)44(69)36-63/h41-46,48-58,63-65,67-69,71-75H,4-39H2,1-3H3,(H,61,66)(H,62,70)(H,76,77). The predicted octanol–water partition coefficient (Wildman–Crippen LogP) is 3.78. The molecule has 18 atom stereocenters. The fourth-order valence-corrected chi connectivity index (χ4v) is 11.4. The molecule has 18 unspecified atom stereocenters. The Hall–Kier alpha value is -2.27. The molecule has 3 saturated heterocycles. The Kier molecular flexibility index (Phi) is 38.5. The normalized spacial score (nSPS) is 29.9. The van der Waals surface area contributed by atoms with Gasteiger partial charge in [-0.2, -0.15) is 0 Å². The van der Waals surface area contributed by atoms with Gasteiger partial charge in [-0.05, 0) is 12.8 Å². The number of unbranched alkanes of at least 4 members (excludes halogenated alkanes) is 27. The highest BCUT2D eigenvalue weighted by Gasteiger charge is 2.60. The second-order valence-corrected chi connectivity index (χ2v) is 23.6. The molecule has 14 N–H and O–H groups in total. The summed E-state index contributed by atoms with van der Waals surface area (Å²) < 4.78 is 34.7. The summed E-state index contributed by atoms with van der Waals surface area (Å²) in [5, 5.41) is 135. The Balaban J connectivity index is 1.59. The third kappa shape index (κ3) is 26.5. The molecule has 23 nitrogen and oxygen atoms in total. The molecule has 0 aromatic carbocycles. The lowest BCUT2D eigenvalue weighted by atomic mass is 9.88. The van der Waals surface area contributed by atoms with Gasteiger partial charge in [0.15, 0.2) is 12.6 Å². The molecule has 23 heteroatoms. The van der Waals surface area contributed by atoms with Crippen molar-refractivity contribution in [2.75, 3.05) is 26.4 Å². The topological polar surface area (TPSA) is 373 Å².